The first-order valence-electron chi connectivity index (χ1n) is 6.12. The van der Waals surface area contributed by atoms with Crippen LogP contribution in [-0.4, -0.2) is 43.5 Å². The molecule has 1 aliphatic heterocycles. The van der Waals surface area contributed by atoms with Crippen LogP contribution in [0.25, 0.3) is 0 Å². The Morgan fingerprint density at radius 1 is 1.35 bits per heavy atom. The molecule has 1 aromatic rings. The molecule has 0 saturated heterocycles. The third-order valence-electron chi connectivity index (χ3n) is 2.79. The molecule has 1 aromatic carbocycles. The van der Waals surface area contributed by atoms with Crippen molar-refractivity contribution in [2.75, 3.05) is 26.8 Å². The number of rotatable bonds is 3. The zero-order valence-electron chi connectivity index (χ0n) is 11.0. The summed E-state index contributed by atoms with van der Waals surface area (Å²) in [7, 11) is 1.49. The number of nitrogens with zero attached hydrogens (tertiary/aromatic N) is 1. The van der Waals surface area contributed by atoms with Gasteiger partial charge in [-0.2, -0.15) is 0 Å². The molecule has 20 heavy (non-hydrogen) atoms. The van der Waals surface area contributed by atoms with Gasteiger partial charge < -0.3 is 20.1 Å². The molecule has 1 aliphatic rings. The van der Waals surface area contributed by atoms with Gasteiger partial charge in [-0.05, 0) is 12.1 Å². The predicted octanol–water partition coefficient (Wildman–Crippen LogP) is 1.06. The van der Waals surface area contributed by atoms with E-state index >= 15 is 0 Å². The van der Waals surface area contributed by atoms with Crippen molar-refractivity contribution in [1.29, 1.82) is 0 Å². The maximum absolute atomic E-state index is 12.2. The van der Waals surface area contributed by atoms with Gasteiger partial charge in [0.15, 0.2) is 11.5 Å². The van der Waals surface area contributed by atoms with Crippen molar-refractivity contribution in [3.63, 3.8) is 0 Å². The van der Waals surface area contributed by atoms with Gasteiger partial charge in [0.1, 0.15) is 0 Å². The SMILES string of the molecule is CN(CC(N)=O)C(=O)c1cc(Cl)c2c(c1)OCCCO2. The highest BCUT2D eigenvalue weighted by Gasteiger charge is 2.20. The highest BCUT2D eigenvalue weighted by atomic mass is 35.5. The van der Waals surface area contributed by atoms with Crippen molar-refractivity contribution in [3.05, 3.63) is 22.7 Å². The molecule has 0 radical (unpaired) electrons. The fourth-order valence-corrected chi connectivity index (χ4v) is 2.15. The summed E-state index contributed by atoms with van der Waals surface area (Å²) in [5, 5.41) is 0.306. The van der Waals surface area contributed by atoms with E-state index in [-0.39, 0.29) is 12.5 Å². The van der Waals surface area contributed by atoms with Crippen LogP contribution in [0.5, 0.6) is 11.5 Å². The summed E-state index contributed by atoms with van der Waals surface area (Å²) in [5.74, 6) is -0.0632. The number of fused-ring (bicyclic) bond motifs is 1. The Morgan fingerprint density at radius 3 is 2.75 bits per heavy atom. The summed E-state index contributed by atoms with van der Waals surface area (Å²) in [5.41, 5.74) is 5.39. The van der Waals surface area contributed by atoms with E-state index in [1.165, 1.54) is 18.0 Å². The van der Waals surface area contributed by atoms with E-state index in [4.69, 9.17) is 26.8 Å². The quantitative estimate of drug-likeness (QED) is 0.904. The molecule has 108 valence electrons. The Labute approximate surface area is 121 Å². The normalized spacial score (nSPS) is 13.5. The number of carbonyl (C=O) groups excluding carboxylic acids is 2. The van der Waals surface area contributed by atoms with Gasteiger partial charge in [-0.3, -0.25) is 9.59 Å². The van der Waals surface area contributed by atoms with Gasteiger partial charge >= 0.3 is 0 Å². The zero-order valence-corrected chi connectivity index (χ0v) is 11.8. The molecule has 1 heterocycles. The van der Waals surface area contributed by atoms with E-state index in [0.29, 0.717) is 35.3 Å². The minimum atomic E-state index is -0.582. The summed E-state index contributed by atoms with van der Waals surface area (Å²) in [6.07, 6.45) is 0.746. The number of halogens is 1. The van der Waals surface area contributed by atoms with E-state index in [9.17, 15) is 9.59 Å². The van der Waals surface area contributed by atoms with Gasteiger partial charge in [-0.25, -0.2) is 0 Å². The first-order chi connectivity index (χ1) is 9.49. The average Bonchev–Trinajstić information content (AvgIpc) is 2.62. The third-order valence-corrected chi connectivity index (χ3v) is 3.07. The van der Waals surface area contributed by atoms with Crippen LogP contribution < -0.4 is 15.2 Å². The fourth-order valence-electron chi connectivity index (χ4n) is 1.88. The smallest absolute Gasteiger partial charge is 0.254 e. The minimum Gasteiger partial charge on any atom is -0.489 e. The van der Waals surface area contributed by atoms with Gasteiger partial charge in [-0.15, -0.1) is 0 Å². The number of likely N-dealkylation sites (N-methyl/N-ethyl adjacent to an activating group) is 1. The Balaban J connectivity index is 2.29. The van der Waals surface area contributed by atoms with Gasteiger partial charge in [0, 0.05) is 19.0 Å². The van der Waals surface area contributed by atoms with Crippen LogP contribution in [-0.2, 0) is 4.79 Å². The van der Waals surface area contributed by atoms with Crippen LogP contribution in [0.4, 0.5) is 0 Å². The number of nitrogens with two attached hydrogens (primary N) is 1. The van der Waals surface area contributed by atoms with E-state index in [0.717, 1.165) is 6.42 Å². The Kier molecular flexibility index (Phi) is 4.34. The van der Waals surface area contributed by atoms with Crippen molar-refractivity contribution in [3.8, 4) is 11.5 Å². The molecular weight excluding hydrogens is 284 g/mol. The van der Waals surface area contributed by atoms with Crippen molar-refractivity contribution in [2.45, 2.75) is 6.42 Å². The van der Waals surface area contributed by atoms with E-state index < -0.39 is 5.91 Å². The number of benzene rings is 1. The highest BCUT2D eigenvalue weighted by Crippen LogP contribution is 2.38. The number of carbonyl (C=O) groups is 2. The number of amides is 2. The van der Waals surface area contributed by atoms with Crippen LogP contribution in [0.1, 0.15) is 16.8 Å². The molecule has 0 spiro atoms. The third kappa shape index (κ3) is 3.14. The summed E-state index contributed by atoms with van der Waals surface area (Å²) < 4.78 is 11.0. The Morgan fingerprint density at radius 2 is 2.05 bits per heavy atom. The zero-order chi connectivity index (χ0) is 14.7. The first-order valence-corrected chi connectivity index (χ1v) is 6.49. The number of hydrogen-bond acceptors (Lipinski definition) is 4. The van der Waals surface area contributed by atoms with Crippen molar-refractivity contribution < 1.29 is 19.1 Å². The van der Waals surface area contributed by atoms with Gasteiger partial charge in [0.2, 0.25) is 5.91 Å². The standard InChI is InChI=1S/C13H15ClN2O4/c1-16(7-11(15)17)13(18)8-5-9(14)12-10(6-8)19-3-2-4-20-12/h5-6H,2-4,7H2,1H3,(H2,15,17). The molecule has 0 unspecified atom stereocenters. The van der Waals surface area contributed by atoms with E-state index in [2.05, 4.69) is 0 Å². The molecule has 2 rings (SSSR count). The maximum Gasteiger partial charge on any atom is 0.254 e. The number of primary amides is 1. The van der Waals surface area contributed by atoms with Crippen LogP contribution in [0.2, 0.25) is 5.02 Å². The molecule has 2 N–H and O–H groups in total. The molecule has 6 nitrogen and oxygen atoms in total. The molecule has 7 heteroatoms. The van der Waals surface area contributed by atoms with Crippen molar-refractivity contribution in [2.24, 2.45) is 5.73 Å². The predicted molar refractivity (Wildman–Crippen MR) is 73.2 cm³/mol. The van der Waals surface area contributed by atoms with Gasteiger partial charge in [-0.1, -0.05) is 11.6 Å². The fraction of sp³-hybridized carbons (Fsp3) is 0.385. The van der Waals surface area contributed by atoms with Crippen molar-refractivity contribution in [1.82, 2.24) is 4.90 Å². The molecule has 0 aliphatic carbocycles. The number of hydrogen-bond donors (Lipinski definition) is 1. The topological polar surface area (TPSA) is 81.9 Å². The highest BCUT2D eigenvalue weighted by molar-refractivity contribution is 6.32. The lowest BCUT2D eigenvalue weighted by Crippen LogP contribution is -2.35. The summed E-state index contributed by atoms with van der Waals surface area (Å²) >= 11 is 6.11. The molecule has 0 fully saturated rings. The summed E-state index contributed by atoms with van der Waals surface area (Å²) in [4.78, 5) is 24.2. The van der Waals surface area contributed by atoms with E-state index in [1.807, 2.05) is 0 Å². The largest absolute Gasteiger partial charge is 0.489 e. The minimum absolute atomic E-state index is 0.162. The second-order valence-corrected chi connectivity index (χ2v) is 4.87. The summed E-state index contributed by atoms with van der Waals surface area (Å²) in [6.45, 7) is 0.852. The second kappa shape index (κ2) is 6.00. The molecule has 0 atom stereocenters. The van der Waals surface area contributed by atoms with Gasteiger partial charge in [0.05, 0.1) is 24.8 Å². The van der Waals surface area contributed by atoms with Gasteiger partial charge in [0.25, 0.3) is 5.91 Å². The first kappa shape index (κ1) is 14.5. The Hall–Kier alpha value is -1.95. The molecule has 2 amide bonds. The molecule has 0 saturated carbocycles. The molecular formula is C13H15ClN2O4. The van der Waals surface area contributed by atoms with Crippen molar-refractivity contribution >= 4 is 23.4 Å². The molecule has 0 bridgehead atoms. The van der Waals surface area contributed by atoms with E-state index in [1.54, 1.807) is 6.07 Å². The number of ether oxygens (including phenoxy) is 2. The average molecular weight is 299 g/mol. The van der Waals surface area contributed by atoms with Crippen LogP contribution in [0.15, 0.2) is 12.1 Å². The lowest BCUT2D eigenvalue weighted by atomic mass is 10.1. The lowest BCUT2D eigenvalue weighted by molar-refractivity contribution is -0.118. The maximum atomic E-state index is 12.2. The molecule has 0 aromatic heterocycles. The van der Waals surface area contributed by atoms with Crippen LogP contribution in [0, 0.1) is 0 Å². The lowest BCUT2D eigenvalue weighted by Gasteiger charge is -2.17. The Bertz CT molecular complexity index is 547. The monoisotopic (exact) mass is 298 g/mol. The second-order valence-electron chi connectivity index (χ2n) is 4.46. The van der Waals surface area contributed by atoms with Crippen LogP contribution >= 0.6 is 11.6 Å². The van der Waals surface area contributed by atoms with Crippen LogP contribution in [0.3, 0.4) is 0 Å². The summed E-state index contributed by atoms with van der Waals surface area (Å²) in [6, 6.07) is 3.06.